The summed E-state index contributed by atoms with van der Waals surface area (Å²) in [7, 11) is 0. The molecular weight excluding hydrogens is 271 g/mol. The maximum atomic E-state index is 13.3. The number of hydrogen-bond acceptors (Lipinski definition) is 3. The molecular formula is C13H14ClFN2S. The van der Waals surface area contributed by atoms with Gasteiger partial charge in [0.2, 0.25) is 0 Å². The van der Waals surface area contributed by atoms with Gasteiger partial charge in [-0.2, -0.15) is 0 Å². The minimum atomic E-state index is -0.466. The third kappa shape index (κ3) is 2.76. The van der Waals surface area contributed by atoms with Crippen molar-refractivity contribution in [1.29, 1.82) is 0 Å². The Labute approximate surface area is 115 Å². The van der Waals surface area contributed by atoms with Crippen LogP contribution in [0.5, 0.6) is 0 Å². The number of thiophene rings is 1. The van der Waals surface area contributed by atoms with Crippen molar-refractivity contribution >= 4 is 34.3 Å². The second kappa shape index (κ2) is 5.16. The quantitative estimate of drug-likeness (QED) is 0.822. The van der Waals surface area contributed by atoms with Crippen LogP contribution in [0.2, 0.25) is 5.02 Å². The van der Waals surface area contributed by atoms with Gasteiger partial charge in [-0.05, 0) is 31.5 Å². The molecule has 5 heteroatoms. The Hall–Kier alpha value is -1.26. The molecule has 0 spiro atoms. The van der Waals surface area contributed by atoms with Crippen LogP contribution >= 0.6 is 22.9 Å². The molecule has 0 saturated heterocycles. The highest BCUT2D eigenvalue weighted by molar-refractivity contribution is 7.12. The van der Waals surface area contributed by atoms with Gasteiger partial charge in [0.1, 0.15) is 5.82 Å². The van der Waals surface area contributed by atoms with Gasteiger partial charge in [-0.25, -0.2) is 4.39 Å². The van der Waals surface area contributed by atoms with E-state index >= 15 is 0 Å². The molecule has 0 fully saturated rings. The summed E-state index contributed by atoms with van der Waals surface area (Å²) < 4.78 is 13.3. The number of hydrogen-bond donors (Lipinski definition) is 2. The van der Waals surface area contributed by atoms with Gasteiger partial charge >= 0.3 is 0 Å². The number of aryl methyl sites for hydroxylation is 2. The van der Waals surface area contributed by atoms with E-state index in [1.54, 1.807) is 11.3 Å². The van der Waals surface area contributed by atoms with Gasteiger partial charge in [-0.1, -0.05) is 11.6 Å². The molecule has 0 unspecified atom stereocenters. The van der Waals surface area contributed by atoms with E-state index in [-0.39, 0.29) is 5.02 Å². The minimum absolute atomic E-state index is 0.0425. The Morgan fingerprint density at radius 1 is 1.33 bits per heavy atom. The molecule has 0 aliphatic carbocycles. The highest BCUT2D eigenvalue weighted by atomic mass is 35.5. The fourth-order valence-electron chi connectivity index (χ4n) is 1.63. The van der Waals surface area contributed by atoms with Gasteiger partial charge in [0.15, 0.2) is 0 Å². The summed E-state index contributed by atoms with van der Waals surface area (Å²) in [5.41, 5.74) is 8.07. The van der Waals surface area contributed by atoms with Crippen LogP contribution in [-0.4, -0.2) is 0 Å². The molecule has 0 amide bonds. The summed E-state index contributed by atoms with van der Waals surface area (Å²) in [4.78, 5) is 2.49. The standard InChI is InChI=1S/C13H14ClFN2S/c1-7-3-9(18-8(7)2)6-17-13-5-11(15)10(14)4-12(13)16/h3-5,17H,6,16H2,1-2H3. The van der Waals surface area contributed by atoms with Crippen molar-refractivity contribution in [2.24, 2.45) is 0 Å². The molecule has 0 saturated carbocycles. The van der Waals surface area contributed by atoms with E-state index in [9.17, 15) is 4.39 Å². The lowest BCUT2D eigenvalue weighted by molar-refractivity contribution is 0.629. The first-order valence-electron chi connectivity index (χ1n) is 5.51. The van der Waals surface area contributed by atoms with Crippen molar-refractivity contribution in [1.82, 2.24) is 0 Å². The molecule has 2 aromatic rings. The van der Waals surface area contributed by atoms with Crippen molar-refractivity contribution in [2.75, 3.05) is 11.1 Å². The Bertz CT molecular complexity index is 561. The van der Waals surface area contributed by atoms with Gasteiger partial charge in [0.05, 0.1) is 16.4 Å². The fraction of sp³-hybridized carbons (Fsp3) is 0.231. The average Bonchev–Trinajstić information content (AvgIpc) is 2.62. The zero-order valence-electron chi connectivity index (χ0n) is 10.2. The molecule has 1 aromatic carbocycles. The number of nitrogens with two attached hydrogens (primary N) is 1. The molecule has 0 bridgehead atoms. The predicted octanol–water partition coefficient (Wildman–Crippen LogP) is 4.35. The minimum Gasteiger partial charge on any atom is -0.397 e. The Morgan fingerprint density at radius 2 is 2.06 bits per heavy atom. The van der Waals surface area contributed by atoms with Crippen LogP contribution in [0, 0.1) is 19.7 Å². The van der Waals surface area contributed by atoms with Crippen molar-refractivity contribution < 1.29 is 4.39 Å². The van der Waals surface area contributed by atoms with Crippen LogP contribution < -0.4 is 11.1 Å². The molecule has 3 N–H and O–H groups in total. The second-order valence-electron chi connectivity index (χ2n) is 4.16. The molecule has 2 nitrogen and oxygen atoms in total. The van der Waals surface area contributed by atoms with Crippen LogP contribution in [0.3, 0.4) is 0 Å². The summed E-state index contributed by atoms with van der Waals surface area (Å²) in [6.07, 6.45) is 0. The molecule has 96 valence electrons. The molecule has 1 heterocycles. The molecule has 18 heavy (non-hydrogen) atoms. The first-order valence-corrected chi connectivity index (χ1v) is 6.71. The largest absolute Gasteiger partial charge is 0.397 e. The molecule has 2 rings (SSSR count). The van der Waals surface area contributed by atoms with Gasteiger partial charge in [0, 0.05) is 22.4 Å². The zero-order valence-corrected chi connectivity index (χ0v) is 11.8. The van der Waals surface area contributed by atoms with Crippen molar-refractivity contribution in [3.63, 3.8) is 0 Å². The Kier molecular flexibility index (Phi) is 3.78. The summed E-state index contributed by atoms with van der Waals surface area (Å²) in [5.74, 6) is -0.466. The van der Waals surface area contributed by atoms with Crippen LogP contribution in [0.1, 0.15) is 15.3 Å². The number of nitrogen functional groups attached to an aromatic ring is 1. The number of benzene rings is 1. The lowest BCUT2D eigenvalue weighted by Crippen LogP contribution is -2.02. The summed E-state index contributed by atoms with van der Waals surface area (Å²) in [5, 5.41) is 3.17. The van der Waals surface area contributed by atoms with Crippen molar-refractivity contribution in [3.8, 4) is 0 Å². The highest BCUT2D eigenvalue weighted by Gasteiger charge is 2.07. The SMILES string of the molecule is Cc1cc(CNc2cc(F)c(Cl)cc2N)sc1C. The third-order valence-corrected chi connectivity index (χ3v) is 4.20. The summed E-state index contributed by atoms with van der Waals surface area (Å²) >= 11 is 7.37. The zero-order chi connectivity index (χ0) is 13.3. The molecule has 0 aliphatic rings. The number of anilines is 2. The predicted molar refractivity (Wildman–Crippen MR) is 76.9 cm³/mol. The van der Waals surface area contributed by atoms with Crippen LogP contribution in [0.15, 0.2) is 18.2 Å². The lowest BCUT2D eigenvalue weighted by Gasteiger charge is -2.09. The number of halogens is 2. The maximum Gasteiger partial charge on any atom is 0.143 e. The van der Waals surface area contributed by atoms with E-state index in [1.165, 1.54) is 27.5 Å². The average molecular weight is 285 g/mol. The smallest absolute Gasteiger partial charge is 0.143 e. The molecule has 1 aromatic heterocycles. The van der Waals surface area contributed by atoms with Crippen molar-refractivity contribution in [3.05, 3.63) is 44.4 Å². The van der Waals surface area contributed by atoms with E-state index in [1.807, 2.05) is 0 Å². The van der Waals surface area contributed by atoms with Crippen LogP contribution in [-0.2, 0) is 6.54 Å². The first-order chi connectivity index (χ1) is 8.47. The Morgan fingerprint density at radius 3 is 2.67 bits per heavy atom. The number of nitrogens with one attached hydrogen (secondary N) is 1. The fourth-order valence-corrected chi connectivity index (χ4v) is 2.80. The molecule has 0 atom stereocenters. The van der Waals surface area contributed by atoms with Crippen molar-refractivity contribution in [2.45, 2.75) is 20.4 Å². The number of rotatable bonds is 3. The van der Waals surface area contributed by atoms with Crippen LogP contribution in [0.4, 0.5) is 15.8 Å². The highest BCUT2D eigenvalue weighted by Crippen LogP contribution is 2.27. The summed E-state index contributed by atoms with van der Waals surface area (Å²) in [6, 6.07) is 4.87. The maximum absolute atomic E-state index is 13.3. The van der Waals surface area contributed by atoms with Gasteiger partial charge in [-0.3, -0.25) is 0 Å². The molecule has 0 radical (unpaired) electrons. The second-order valence-corrected chi connectivity index (χ2v) is 5.91. The normalized spacial score (nSPS) is 10.7. The Balaban J connectivity index is 2.13. The van der Waals surface area contributed by atoms with E-state index in [0.717, 1.165) is 0 Å². The van der Waals surface area contributed by atoms with E-state index in [2.05, 4.69) is 25.2 Å². The van der Waals surface area contributed by atoms with E-state index in [4.69, 9.17) is 17.3 Å². The van der Waals surface area contributed by atoms with Gasteiger partial charge in [-0.15, -0.1) is 11.3 Å². The van der Waals surface area contributed by atoms with Gasteiger partial charge < -0.3 is 11.1 Å². The topological polar surface area (TPSA) is 38.0 Å². The monoisotopic (exact) mass is 284 g/mol. The molecule has 0 aliphatic heterocycles. The van der Waals surface area contributed by atoms with E-state index < -0.39 is 5.82 Å². The van der Waals surface area contributed by atoms with E-state index in [0.29, 0.717) is 17.9 Å². The third-order valence-electron chi connectivity index (χ3n) is 2.76. The summed E-state index contributed by atoms with van der Waals surface area (Å²) in [6.45, 7) is 4.79. The van der Waals surface area contributed by atoms with Crippen LogP contribution in [0.25, 0.3) is 0 Å². The lowest BCUT2D eigenvalue weighted by atomic mass is 10.2. The van der Waals surface area contributed by atoms with Gasteiger partial charge in [0.25, 0.3) is 0 Å². The first kappa shape index (κ1) is 13.2.